The van der Waals surface area contributed by atoms with E-state index in [9.17, 15) is 5.26 Å². The minimum absolute atomic E-state index is 0.559. The van der Waals surface area contributed by atoms with Crippen LogP contribution in [-0.4, -0.2) is 15.0 Å². The van der Waals surface area contributed by atoms with Crippen molar-refractivity contribution in [1.29, 1.82) is 5.26 Å². The molecule has 0 amide bonds. The first-order chi connectivity index (χ1) is 28.6. The lowest BCUT2D eigenvalue weighted by molar-refractivity contribution is 0.669. The van der Waals surface area contributed by atoms with Crippen LogP contribution in [0, 0.1) is 18.3 Å². The van der Waals surface area contributed by atoms with Crippen molar-refractivity contribution < 1.29 is 4.42 Å². The van der Waals surface area contributed by atoms with E-state index in [1.165, 1.54) is 11.1 Å². The molecule has 0 saturated heterocycles. The number of hydrogen-bond acceptors (Lipinski definition) is 5. The number of aromatic nitrogens is 3. The van der Waals surface area contributed by atoms with E-state index >= 15 is 0 Å². The van der Waals surface area contributed by atoms with Crippen LogP contribution >= 0.6 is 0 Å². The molecule has 0 N–H and O–H groups in total. The van der Waals surface area contributed by atoms with Gasteiger partial charge in [-0.3, -0.25) is 0 Å². The van der Waals surface area contributed by atoms with E-state index in [0.29, 0.717) is 23.0 Å². The highest BCUT2D eigenvalue weighted by Gasteiger charge is 2.17. The second-order valence-corrected chi connectivity index (χ2v) is 14.4. The summed E-state index contributed by atoms with van der Waals surface area (Å²) in [7, 11) is 0. The van der Waals surface area contributed by atoms with Crippen molar-refractivity contribution in [2.75, 3.05) is 0 Å². The van der Waals surface area contributed by atoms with E-state index in [4.69, 9.17) is 19.4 Å². The Morgan fingerprint density at radius 3 is 1.69 bits per heavy atom. The van der Waals surface area contributed by atoms with E-state index in [0.717, 1.165) is 77.6 Å². The first-order valence-corrected chi connectivity index (χ1v) is 19.2. The summed E-state index contributed by atoms with van der Waals surface area (Å²) in [6.07, 6.45) is 0. The van der Waals surface area contributed by atoms with Gasteiger partial charge in [0.15, 0.2) is 17.5 Å². The molecule has 2 aromatic heterocycles. The molecule has 5 heteroatoms. The van der Waals surface area contributed by atoms with Crippen molar-refractivity contribution in [2.45, 2.75) is 6.92 Å². The number of furan rings is 1. The summed E-state index contributed by atoms with van der Waals surface area (Å²) in [5.74, 6) is 1.73. The van der Waals surface area contributed by atoms with Crippen molar-refractivity contribution in [1.82, 2.24) is 15.0 Å². The van der Waals surface area contributed by atoms with Gasteiger partial charge in [-0.25, -0.2) is 15.0 Å². The van der Waals surface area contributed by atoms with Crippen LogP contribution in [0.1, 0.15) is 11.1 Å². The van der Waals surface area contributed by atoms with E-state index in [1.54, 1.807) is 0 Å². The Kier molecular flexibility index (Phi) is 8.70. The van der Waals surface area contributed by atoms with Gasteiger partial charge in [0.1, 0.15) is 11.2 Å². The average molecular weight is 743 g/mol. The molecule has 0 radical (unpaired) electrons. The van der Waals surface area contributed by atoms with Crippen LogP contribution in [-0.2, 0) is 0 Å². The van der Waals surface area contributed by atoms with Crippen molar-refractivity contribution in [2.24, 2.45) is 0 Å². The summed E-state index contributed by atoms with van der Waals surface area (Å²) < 4.78 is 6.55. The lowest BCUT2D eigenvalue weighted by Gasteiger charge is -2.11. The third-order valence-corrected chi connectivity index (χ3v) is 10.6. The topological polar surface area (TPSA) is 75.6 Å². The zero-order valence-electron chi connectivity index (χ0n) is 31.6. The van der Waals surface area contributed by atoms with Gasteiger partial charge in [-0.15, -0.1) is 0 Å². The Bertz CT molecular complexity index is 3180. The first kappa shape index (κ1) is 34.5. The van der Waals surface area contributed by atoms with E-state index in [1.807, 2.05) is 84.9 Å². The normalized spacial score (nSPS) is 11.2. The van der Waals surface area contributed by atoms with Crippen LogP contribution in [0.4, 0.5) is 0 Å². The van der Waals surface area contributed by atoms with Gasteiger partial charge in [-0.05, 0) is 88.3 Å². The number of benzene rings is 8. The van der Waals surface area contributed by atoms with Crippen LogP contribution in [0.15, 0.2) is 192 Å². The van der Waals surface area contributed by atoms with Crippen LogP contribution in [0.2, 0.25) is 0 Å². The van der Waals surface area contributed by atoms with Gasteiger partial charge in [0.2, 0.25) is 0 Å². The average Bonchev–Trinajstić information content (AvgIpc) is 3.68. The number of fused-ring (bicyclic) bond motifs is 3. The second-order valence-electron chi connectivity index (χ2n) is 14.4. The minimum atomic E-state index is 0.559. The molecule has 272 valence electrons. The summed E-state index contributed by atoms with van der Waals surface area (Å²) in [6, 6.07) is 66.4. The van der Waals surface area contributed by atoms with Crippen molar-refractivity contribution in [3.63, 3.8) is 0 Å². The molecule has 8 aromatic carbocycles. The Hall–Kier alpha value is -7.94. The van der Waals surface area contributed by atoms with E-state index in [2.05, 4.69) is 116 Å². The van der Waals surface area contributed by atoms with Crippen molar-refractivity contribution in [3.8, 4) is 84.7 Å². The SMILES string of the molecule is Cc1cccc(-c2nc(-c3ccc(-c4ccc(C#N)c(-c5ccccc5)c4)cc3)nc(-c3ccc4c(c3)oc3cccc(-c5cccc(-c6ccccc6)c5)c34)n2)c1. The van der Waals surface area contributed by atoms with Gasteiger partial charge in [0.25, 0.3) is 0 Å². The van der Waals surface area contributed by atoms with Gasteiger partial charge >= 0.3 is 0 Å². The van der Waals surface area contributed by atoms with Gasteiger partial charge < -0.3 is 4.42 Å². The Balaban J connectivity index is 1.05. The van der Waals surface area contributed by atoms with Crippen LogP contribution < -0.4 is 0 Å². The number of rotatable bonds is 7. The number of nitrogens with zero attached hydrogens (tertiary/aromatic N) is 4. The maximum Gasteiger partial charge on any atom is 0.164 e. The highest BCUT2D eigenvalue weighted by molar-refractivity contribution is 6.13. The minimum Gasteiger partial charge on any atom is -0.456 e. The molecule has 5 nitrogen and oxygen atoms in total. The molecule has 58 heavy (non-hydrogen) atoms. The zero-order valence-corrected chi connectivity index (χ0v) is 31.6. The second kappa shape index (κ2) is 14.6. The maximum atomic E-state index is 9.83. The molecule has 0 atom stereocenters. The predicted molar refractivity (Wildman–Crippen MR) is 235 cm³/mol. The fraction of sp³-hybridized carbons (Fsp3) is 0.0189. The summed E-state index contributed by atoms with van der Waals surface area (Å²) in [5, 5.41) is 11.9. The third kappa shape index (κ3) is 6.49. The lowest BCUT2D eigenvalue weighted by atomic mass is 9.94. The third-order valence-electron chi connectivity index (χ3n) is 10.6. The van der Waals surface area contributed by atoms with Crippen molar-refractivity contribution in [3.05, 3.63) is 199 Å². The largest absolute Gasteiger partial charge is 0.456 e. The van der Waals surface area contributed by atoms with Gasteiger partial charge in [-0.1, -0.05) is 151 Å². The molecule has 0 bridgehead atoms. The monoisotopic (exact) mass is 742 g/mol. The van der Waals surface area contributed by atoms with Crippen molar-refractivity contribution >= 4 is 21.9 Å². The highest BCUT2D eigenvalue weighted by atomic mass is 16.3. The highest BCUT2D eigenvalue weighted by Crippen LogP contribution is 2.39. The number of aryl methyl sites for hydroxylation is 1. The number of nitriles is 1. The maximum absolute atomic E-state index is 9.83. The smallest absolute Gasteiger partial charge is 0.164 e. The van der Waals surface area contributed by atoms with E-state index in [-0.39, 0.29) is 0 Å². The molecule has 0 spiro atoms. The standard InChI is InChI=1S/C53H34N4O/c1-34-11-8-18-42(29-34)52-55-51(38-23-21-36(22-24-38)40-25-26-44(33-54)47(31-40)37-14-6-3-7-15-37)56-53(57-52)43-27-28-46-49(32-43)58-48-20-10-19-45(50(46)48)41-17-9-16-39(30-41)35-12-4-2-5-13-35/h2-32H,1H3. The summed E-state index contributed by atoms with van der Waals surface area (Å²) >= 11 is 0. The van der Waals surface area contributed by atoms with Crippen LogP contribution in [0.25, 0.3) is 101 Å². The summed E-state index contributed by atoms with van der Waals surface area (Å²) in [6.45, 7) is 2.07. The molecular weight excluding hydrogens is 709 g/mol. The summed E-state index contributed by atoms with van der Waals surface area (Å²) in [5.41, 5.74) is 14.5. The summed E-state index contributed by atoms with van der Waals surface area (Å²) in [4.78, 5) is 15.1. The zero-order chi connectivity index (χ0) is 39.0. The van der Waals surface area contributed by atoms with Gasteiger partial charge in [-0.2, -0.15) is 5.26 Å². The molecule has 0 saturated carbocycles. The van der Waals surface area contributed by atoms with Gasteiger partial charge in [0, 0.05) is 33.0 Å². The number of hydrogen-bond donors (Lipinski definition) is 0. The molecule has 0 aliphatic rings. The molecule has 10 rings (SSSR count). The molecule has 0 aliphatic heterocycles. The molecular formula is C53H34N4O. The first-order valence-electron chi connectivity index (χ1n) is 19.2. The quantitative estimate of drug-likeness (QED) is 0.162. The fourth-order valence-electron chi connectivity index (χ4n) is 7.74. The molecule has 2 heterocycles. The Morgan fingerprint density at radius 2 is 0.948 bits per heavy atom. The molecule has 0 unspecified atom stereocenters. The van der Waals surface area contributed by atoms with Crippen LogP contribution in [0.5, 0.6) is 0 Å². The lowest BCUT2D eigenvalue weighted by Crippen LogP contribution is -2.00. The Morgan fingerprint density at radius 1 is 0.397 bits per heavy atom. The molecule has 0 fully saturated rings. The van der Waals surface area contributed by atoms with Gasteiger partial charge in [0.05, 0.1) is 11.6 Å². The Labute approximate surface area is 336 Å². The molecule has 10 aromatic rings. The van der Waals surface area contributed by atoms with Crippen LogP contribution in [0.3, 0.4) is 0 Å². The van der Waals surface area contributed by atoms with E-state index < -0.39 is 0 Å². The fourth-order valence-corrected chi connectivity index (χ4v) is 7.74. The predicted octanol–water partition coefficient (Wildman–Crippen LogP) is 13.6. The molecule has 0 aliphatic carbocycles.